The number of carbonyl (C=O) groups excluding carboxylic acids is 1. The van der Waals surface area contributed by atoms with Gasteiger partial charge in [-0.15, -0.1) is 0 Å². The zero-order valence-corrected chi connectivity index (χ0v) is 9.10. The first-order valence-corrected chi connectivity index (χ1v) is 5.12. The van der Waals surface area contributed by atoms with Crippen molar-refractivity contribution in [2.75, 3.05) is 18.8 Å². The summed E-state index contributed by atoms with van der Waals surface area (Å²) < 4.78 is 0. The van der Waals surface area contributed by atoms with Gasteiger partial charge in [0.15, 0.2) is 0 Å². The fourth-order valence-corrected chi connectivity index (χ4v) is 1.52. The summed E-state index contributed by atoms with van der Waals surface area (Å²) in [6.07, 6.45) is 0.451. The van der Waals surface area contributed by atoms with Gasteiger partial charge in [0.05, 0.1) is 25.8 Å². The number of amides is 1. The van der Waals surface area contributed by atoms with Crippen molar-refractivity contribution in [1.82, 2.24) is 5.48 Å². The van der Waals surface area contributed by atoms with E-state index in [1.54, 1.807) is 7.11 Å². The van der Waals surface area contributed by atoms with Crippen molar-refractivity contribution < 1.29 is 14.5 Å². The van der Waals surface area contributed by atoms with Gasteiger partial charge in [0.1, 0.15) is 0 Å². The summed E-state index contributed by atoms with van der Waals surface area (Å²) in [6, 6.07) is 7.57. The van der Waals surface area contributed by atoms with E-state index >= 15 is 0 Å². The molecule has 0 unspecified atom stereocenters. The minimum atomic E-state index is 0.00256. The summed E-state index contributed by atoms with van der Waals surface area (Å²) in [5.41, 5.74) is 4.60. The molecular weight excluding hydrogens is 208 g/mol. The highest BCUT2D eigenvalue weighted by Crippen LogP contribution is 2.20. The third-order valence-corrected chi connectivity index (χ3v) is 2.35. The molecule has 0 saturated carbocycles. The van der Waals surface area contributed by atoms with E-state index in [0.29, 0.717) is 19.6 Å². The molecular formula is C11H14N2O3. The van der Waals surface area contributed by atoms with Crippen molar-refractivity contribution in [2.24, 2.45) is 0 Å². The lowest BCUT2D eigenvalue weighted by atomic mass is 10.2. The van der Waals surface area contributed by atoms with Crippen molar-refractivity contribution in [1.29, 1.82) is 0 Å². The highest BCUT2D eigenvalue weighted by atomic mass is 16.7. The molecule has 1 saturated heterocycles. The van der Waals surface area contributed by atoms with Crippen LogP contribution in [0.25, 0.3) is 0 Å². The molecule has 1 heterocycles. The molecule has 5 nitrogen and oxygen atoms in total. The molecule has 1 aliphatic heterocycles. The third-order valence-electron chi connectivity index (χ3n) is 2.35. The van der Waals surface area contributed by atoms with Gasteiger partial charge in [-0.1, -0.05) is 12.1 Å². The van der Waals surface area contributed by atoms with Gasteiger partial charge in [0, 0.05) is 6.54 Å². The normalized spacial score (nSPS) is 15.8. The number of anilines is 1. The Morgan fingerprint density at radius 1 is 1.44 bits per heavy atom. The second kappa shape index (κ2) is 5.07. The summed E-state index contributed by atoms with van der Waals surface area (Å²) in [7, 11) is 1.57. The van der Waals surface area contributed by atoms with E-state index in [1.807, 2.05) is 24.3 Å². The van der Waals surface area contributed by atoms with E-state index in [4.69, 9.17) is 9.68 Å². The molecule has 0 bridgehead atoms. The molecule has 0 spiro atoms. The molecule has 1 N–H and O–H groups in total. The van der Waals surface area contributed by atoms with Crippen LogP contribution in [0.1, 0.15) is 12.0 Å². The van der Waals surface area contributed by atoms with Crippen molar-refractivity contribution >= 4 is 11.6 Å². The lowest BCUT2D eigenvalue weighted by Crippen LogP contribution is -2.22. The molecule has 1 amide bonds. The monoisotopic (exact) mass is 222 g/mol. The first-order valence-electron chi connectivity index (χ1n) is 5.12. The number of benzene rings is 1. The average molecular weight is 222 g/mol. The van der Waals surface area contributed by atoms with E-state index in [2.05, 4.69) is 5.48 Å². The lowest BCUT2D eigenvalue weighted by Gasteiger charge is -2.14. The molecule has 0 radical (unpaired) electrons. The van der Waals surface area contributed by atoms with Crippen molar-refractivity contribution in [3.8, 4) is 0 Å². The second-order valence-corrected chi connectivity index (χ2v) is 3.46. The molecule has 0 aliphatic carbocycles. The predicted octanol–water partition coefficient (Wildman–Crippen LogP) is 1.01. The molecule has 16 heavy (non-hydrogen) atoms. The predicted molar refractivity (Wildman–Crippen MR) is 58.3 cm³/mol. The Labute approximate surface area is 93.9 Å². The lowest BCUT2D eigenvalue weighted by molar-refractivity contribution is -0.119. The van der Waals surface area contributed by atoms with Crippen molar-refractivity contribution in [2.45, 2.75) is 13.0 Å². The van der Waals surface area contributed by atoms with E-state index in [9.17, 15) is 4.79 Å². The van der Waals surface area contributed by atoms with Gasteiger partial charge in [-0.2, -0.15) is 10.5 Å². The Balaban J connectivity index is 2.04. The number of carbonyl (C=O) groups is 1. The number of nitrogens with one attached hydrogen (secondary N) is 1. The van der Waals surface area contributed by atoms with Crippen molar-refractivity contribution in [3.05, 3.63) is 29.8 Å². The number of nitrogens with zero attached hydrogens (tertiary/aromatic N) is 1. The van der Waals surface area contributed by atoms with Crippen LogP contribution >= 0.6 is 0 Å². The summed E-state index contributed by atoms with van der Waals surface area (Å²) >= 11 is 0. The van der Waals surface area contributed by atoms with E-state index in [-0.39, 0.29) is 5.91 Å². The number of rotatable bonds is 4. The molecule has 0 atom stereocenters. The van der Waals surface area contributed by atoms with Crippen LogP contribution in [0.15, 0.2) is 24.3 Å². The summed E-state index contributed by atoms with van der Waals surface area (Å²) in [6.45, 7) is 1.09. The van der Waals surface area contributed by atoms with E-state index < -0.39 is 0 Å². The van der Waals surface area contributed by atoms with E-state index in [1.165, 1.54) is 5.06 Å². The molecule has 5 heteroatoms. The van der Waals surface area contributed by atoms with Crippen LogP contribution in [0.2, 0.25) is 0 Å². The maximum atomic E-state index is 11.4. The Morgan fingerprint density at radius 3 is 2.75 bits per heavy atom. The minimum Gasteiger partial charge on any atom is -0.305 e. The average Bonchev–Trinajstić information content (AvgIpc) is 2.74. The van der Waals surface area contributed by atoms with Crippen LogP contribution in [0.5, 0.6) is 0 Å². The van der Waals surface area contributed by atoms with Gasteiger partial charge in [-0.3, -0.25) is 9.63 Å². The smallest absolute Gasteiger partial charge is 0.253 e. The third kappa shape index (κ3) is 2.38. The first-order chi connectivity index (χ1) is 7.81. The maximum absolute atomic E-state index is 11.4. The standard InChI is InChI=1S/C11H14N2O3/c1-15-12-8-9-2-4-10(5-3-9)13-11(14)6-7-16-13/h2-5,12H,6-8H2,1H3. The quantitative estimate of drug-likeness (QED) is 0.772. The van der Waals surface area contributed by atoms with Gasteiger partial charge < -0.3 is 4.84 Å². The maximum Gasteiger partial charge on any atom is 0.253 e. The zero-order valence-electron chi connectivity index (χ0n) is 9.10. The summed E-state index contributed by atoms with van der Waals surface area (Å²) in [5, 5.41) is 1.34. The van der Waals surface area contributed by atoms with Crippen LogP contribution in [-0.4, -0.2) is 19.6 Å². The Morgan fingerprint density at radius 2 is 2.19 bits per heavy atom. The van der Waals surface area contributed by atoms with Crippen molar-refractivity contribution in [3.63, 3.8) is 0 Å². The summed E-state index contributed by atoms with van der Waals surface area (Å²) in [4.78, 5) is 21.4. The topological polar surface area (TPSA) is 50.8 Å². The highest BCUT2D eigenvalue weighted by molar-refractivity contribution is 5.92. The minimum absolute atomic E-state index is 0.00256. The number of hydroxylamine groups is 2. The molecule has 1 aromatic rings. The Hall–Kier alpha value is -1.43. The van der Waals surface area contributed by atoms with Gasteiger partial charge in [-0.05, 0) is 17.7 Å². The van der Waals surface area contributed by atoms with Crippen LogP contribution in [0.4, 0.5) is 5.69 Å². The number of hydrogen-bond acceptors (Lipinski definition) is 4. The van der Waals surface area contributed by atoms with Gasteiger partial charge >= 0.3 is 0 Å². The Kier molecular flexibility index (Phi) is 3.51. The zero-order chi connectivity index (χ0) is 11.4. The highest BCUT2D eigenvalue weighted by Gasteiger charge is 2.22. The van der Waals surface area contributed by atoms with E-state index in [0.717, 1.165) is 11.3 Å². The van der Waals surface area contributed by atoms with Crippen LogP contribution < -0.4 is 10.5 Å². The Bertz CT molecular complexity index is 364. The molecule has 1 aliphatic rings. The van der Waals surface area contributed by atoms with Gasteiger partial charge in [0.2, 0.25) is 0 Å². The number of hydrogen-bond donors (Lipinski definition) is 1. The van der Waals surface area contributed by atoms with Crippen LogP contribution in [-0.2, 0) is 21.0 Å². The summed E-state index contributed by atoms with van der Waals surface area (Å²) in [5.74, 6) is 0.00256. The van der Waals surface area contributed by atoms with Gasteiger partial charge in [0.25, 0.3) is 5.91 Å². The molecule has 2 rings (SSSR count). The second-order valence-electron chi connectivity index (χ2n) is 3.46. The van der Waals surface area contributed by atoms with Crippen LogP contribution in [0.3, 0.4) is 0 Å². The van der Waals surface area contributed by atoms with Crippen LogP contribution in [0, 0.1) is 0 Å². The first kappa shape index (κ1) is 11.1. The molecule has 0 aromatic heterocycles. The van der Waals surface area contributed by atoms with Gasteiger partial charge in [-0.25, -0.2) is 0 Å². The molecule has 1 aromatic carbocycles. The SMILES string of the molecule is CONCc1ccc(N2OCCC2=O)cc1. The largest absolute Gasteiger partial charge is 0.305 e. The fraction of sp³-hybridized carbons (Fsp3) is 0.364. The fourth-order valence-electron chi connectivity index (χ4n) is 1.52. The molecule has 86 valence electrons. The molecule has 1 fully saturated rings.